The summed E-state index contributed by atoms with van der Waals surface area (Å²) in [5.41, 5.74) is 3.63. The lowest BCUT2D eigenvalue weighted by atomic mass is 10.3. The predicted octanol–water partition coefficient (Wildman–Crippen LogP) is 3.18. The first-order valence-electron chi connectivity index (χ1n) is 4.86. The highest BCUT2D eigenvalue weighted by Gasteiger charge is 2.11. The van der Waals surface area contributed by atoms with E-state index in [1.54, 1.807) is 17.4 Å². The van der Waals surface area contributed by atoms with Gasteiger partial charge in [0.15, 0.2) is 10.3 Å². The average molecular weight is 289 g/mol. The lowest BCUT2D eigenvalue weighted by Crippen LogP contribution is -2.17. The summed E-state index contributed by atoms with van der Waals surface area (Å²) in [4.78, 5) is 7.37. The van der Waals surface area contributed by atoms with Crippen LogP contribution >= 0.6 is 34.5 Å². The van der Waals surface area contributed by atoms with Crippen LogP contribution in [0.25, 0.3) is 0 Å². The molecule has 0 bridgehead atoms. The highest BCUT2D eigenvalue weighted by atomic mass is 35.5. The van der Waals surface area contributed by atoms with Gasteiger partial charge in [-0.15, -0.1) is 21.5 Å². The van der Waals surface area contributed by atoms with Crippen molar-refractivity contribution in [3.8, 4) is 0 Å². The number of anilines is 1. The Bertz CT molecular complexity index is 529. The van der Waals surface area contributed by atoms with E-state index < -0.39 is 0 Å². The van der Waals surface area contributed by atoms with E-state index in [9.17, 15) is 0 Å². The Kier molecular flexibility index (Phi) is 3.81. The van der Waals surface area contributed by atoms with Gasteiger partial charge in [0.1, 0.15) is 0 Å². The minimum absolute atomic E-state index is 0.331. The van der Waals surface area contributed by atoms with Crippen LogP contribution in [0, 0.1) is 6.92 Å². The van der Waals surface area contributed by atoms with Gasteiger partial charge in [0.05, 0.1) is 23.4 Å². The van der Waals surface area contributed by atoms with E-state index in [0.717, 1.165) is 17.9 Å². The van der Waals surface area contributed by atoms with E-state index in [4.69, 9.17) is 23.2 Å². The molecule has 0 aliphatic carbocycles. The minimum Gasteiger partial charge on any atom is -0.367 e. The molecule has 0 atom stereocenters. The first-order chi connectivity index (χ1) is 8.08. The van der Waals surface area contributed by atoms with E-state index in [2.05, 4.69) is 15.2 Å². The summed E-state index contributed by atoms with van der Waals surface area (Å²) in [6.45, 7) is 2.71. The second kappa shape index (κ2) is 5.16. The molecule has 0 fully saturated rings. The fraction of sp³-hybridized carbons (Fsp3) is 0.300. The Labute approximate surface area is 113 Å². The number of nitrogens with zero attached hydrogens (tertiary/aromatic N) is 4. The number of halogens is 2. The molecule has 0 saturated carbocycles. The van der Waals surface area contributed by atoms with Crippen LogP contribution in [-0.4, -0.2) is 22.2 Å². The van der Waals surface area contributed by atoms with Gasteiger partial charge in [-0.2, -0.15) is 0 Å². The van der Waals surface area contributed by atoms with Gasteiger partial charge >= 0.3 is 0 Å². The molecule has 0 unspecified atom stereocenters. The Balaban J connectivity index is 2.23. The van der Waals surface area contributed by atoms with Crippen LogP contribution < -0.4 is 4.90 Å². The quantitative estimate of drug-likeness (QED) is 0.870. The van der Waals surface area contributed by atoms with Gasteiger partial charge in [-0.25, -0.2) is 4.98 Å². The second-order valence-corrected chi connectivity index (χ2v) is 5.24. The van der Waals surface area contributed by atoms with E-state index >= 15 is 0 Å². The van der Waals surface area contributed by atoms with Crippen molar-refractivity contribution >= 4 is 40.2 Å². The van der Waals surface area contributed by atoms with E-state index in [-0.39, 0.29) is 0 Å². The van der Waals surface area contributed by atoms with Gasteiger partial charge in [-0.3, -0.25) is 0 Å². The number of aryl methyl sites for hydroxylation is 1. The normalized spacial score (nSPS) is 10.6. The molecule has 0 aliphatic heterocycles. The fourth-order valence-electron chi connectivity index (χ4n) is 1.39. The summed E-state index contributed by atoms with van der Waals surface area (Å²) in [5.74, 6) is 0. The molecule has 2 aromatic rings. The summed E-state index contributed by atoms with van der Waals surface area (Å²) in [7, 11) is 1.93. The zero-order chi connectivity index (χ0) is 12.4. The Morgan fingerprint density at radius 2 is 2.12 bits per heavy atom. The molecule has 0 aromatic carbocycles. The molecule has 0 saturated heterocycles. The average Bonchev–Trinajstić information content (AvgIpc) is 2.68. The first kappa shape index (κ1) is 12.5. The maximum absolute atomic E-state index is 5.98. The van der Waals surface area contributed by atoms with Crippen molar-refractivity contribution in [3.05, 3.63) is 32.5 Å². The largest absolute Gasteiger partial charge is 0.367 e. The Hall–Kier alpha value is -0.910. The van der Waals surface area contributed by atoms with Crippen LogP contribution in [0.1, 0.15) is 10.6 Å². The lowest BCUT2D eigenvalue weighted by molar-refractivity contribution is 0.906. The second-order valence-electron chi connectivity index (χ2n) is 3.56. The van der Waals surface area contributed by atoms with Gasteiger partial charge in [0.25, 0.3) is 0 Å². The van der Waals surface area contributed by atoms with Crippen LogP contribution in [0.4, 0.5) is 5.69 Å². The van der Waals surface area contributed by atoms with Gasteiger partial charge < -0.3 is 4.90 Å². The number of aromatic nitrogens is 3. The van der Waals surface area contributed by atoms with Gasteiger partial charge in [0, 0.05) is 18.0 Å². The van der Waals surface area contributed by atoms with Gasteiger partial charge in [-0.05, 0) is 6.92 Å². The molecule has 90 valence electrons. The number of hydrogen-bond acceptors (Lipinski definition) is 5. The summed E-state index contributed by atoms with van der Waals surface area (Å²) < 4.78 is 0. The third kappa shape index (κ3) is 2.86. The molecule has 0 radical (unpaired) electrons. The molecule has 17 heavy (non-hydrogen) atoms. The summed E-state index contributed by atoms with van der Waals surface area (Å²) in [6, 6.07) is 1.70. The molecular weight excluding hydrogens is 279 g/mol. The maximum Gasteiger partial charge on any atom is 0.175 e. The molecule has 0 spiro atoms. The van der Waals surface area contributed by atoms with Crippen molar-refractivity contribution in [2.24, 2.45) is 0 Å². The van der Waals surface area contributed by atoms with Crippen molar-refractivity contribution in [1.82, 2.24) is 15.2 Å². The van der Waals surface area contributed by atoms with E-state index in [1.807, 2.05) is 24.4 Å². The predicted molar refractivity (Wildman–Crippen MR) is 71.0 cm³/mol. The van der Waals surface area contributed by atoms with Crippen molar-refractivity contribution in [3.63, 3.8) is 0 Å². The molecule has 7 heteroatoms. The first-order valence-corrected chi connectivity index (χ1v) is 6.50. The van der Waals surface area contributed by atoms with Crippen LogP contribution in [0.2, 0.25) is 10.3 Å². The van der Waals surface area contributed by atoms with Crippen molar-refractivity contribution < 1.29 is 0 Å². The van der Waals surface area contributed by atoms with Crippen LogP contribution in [-0.2, 0) is 6.54 Å². The van der Waals surface area contributed by atoms with Gasteiger partial charge in [0.2, 0.25) is 0 Å². The third-order valence-corrected chi connectivity index (χ3v) is 3.71. The summed E-state index contributed by atoms with van der Waals surface area (Å²) in [5, 5.41) is 8.14. The fourth-order valence-corrected chi connectivity index (χ4v) is 2.60. The molecule has 2 aromatic heterocycles. The molecule has 4 nitrogen and oxygen atoms in total. The van der Waals surface area contributed by atoms with E-state index in [0.29, 0.717) is 10.3 Å². The van der Waals surface area contributed by atoms with Crippen LogP contribution in [0.5, 0.6) is 0 Å². The zero-order valence-corrected chi connectivity index (χ0v) is 11.6. The van der Waals surface area contributed by atoms with Crippen molar-refractivity contribution in [1.29, 1.82) is 0 Å². The zero-order valence-electron chi connectivity index (χ0n) is 9.31. The van der Waals surface area contributed by atoms with Crippen molar-refractivity contribution in [2.45, 2.75) is 13.5 Å². The Morgan fingerprint density at radius 3 is 2.76 bits per heavy atom. The van der Waals surface area contributed by atoms with Crippen LogP contribution in [0.15, 0.2) is 11.6 Å². The number of thiazole rings is 1. The molecule has 0 amide bonds. The monoisotopic (exact) mass is 288 g/mol. The minimum atomic E-state index is 0.331. The number of rotatable bonds is 3. The third-order valence-electron chi connectivity index (χ3n) is 2.34. The number of hydrogen-bond donors (Lipinski definition) is 0. The molecule has 2 heterocycles. The highest BCUT2D eigenvalue weighted by Crippen LogP contribution is 2.26. The standard InChI is InChI=1S/C10H10Cl2N4S/c1-6-8(17-5-13-6)4-16(2)7-3-9(11)14-15-10(7)12/h3,5H,4H2,1-2H3. The SMILES string of the molecule is Cc1ncsc1CN(C)c1cc(Cl)nnc1Cl. The molecule has 0 N–H and O–H groups in total. The van der Waals surface area contributed by atoms with Crippen LogP contribution in [0.3, 0.4) is 0 Å². The summed E-state index contributed by atoms with van der Waals surface area (Å²) in [6.07, 6.45) is 0. The Morgan fingerprint density at radius 1 is 1.35 bits per heavy atom. The molecule has 0 aliphatic rings. The molecular formula is C10H10Cl2N4S. The van der Waals surface area contributed by atoms with Crippen molar-refractivity contribution in [2.75, 3.05) is 11.9 Å². The highest BCUT2D eigenvalue weighted by molar-refractivity contribution is 7.09. The molecule has 2 rings (SSSR count). The summed E-state index contributed by atoms with van der Waals surface area (Å²) >= 11 is 13.4. The maximum atomic E-state index is 5.98. The van der Waals surface area contributed by atoms with E-state index in [1.165, 1.54) is 4.88 Å². The topological polar surface area (TPSA) is 41.9 Å². The smallest absolute Gasteiger partial charge is 0.175 e. The van der Waals surface area contributed by atoms with Gasteiger partial charge in [-0.1, -0.05) is 23.2 Å². The lowest BCUT2D eigenvalue weighted by Gasteiger charge is -2.19.